The number of carbonyl (C=O) groups is 1. The lowest BCUT2D eigenvalue weighted by Gasteiger charge is -2.09. The van der Waals surface area contributed by atoms with E-state index in [0.717, 1.165) is 11.3 Å². The first kappa shape index (κ1) is 14.8. The largest absolute Gasteiger partial charge is 0.496 e. The first-order chi connectivity index (χ1) is 10.0. The van der Waals surface area contributed by atoms with Gasteiger partial charge in [0.2, 0.25) is 0 Å². The molecule has 21 heavy (non-hydrogen) atoms. The molecule has 0 atom stereocenters. The Hall–Kier alpha value is -2.61. The summed E-state index contributed by atoms with van der Waals surface area (Å²) in [6.07, 6.45) is 0. The van der Waals surface area contributed by atoms with E-state index in [1.165, 1.54) is 31.4 Å². The normalized spacial score (nSPS) is 10.1. The summed E-state index contributed by atoms with van der Waals surface area (Å²) < 4.78 is 10.5. The van der Waals surface area contributed by atoms with E-state index in [9.17, 15) is 14.9 Å². The molecule has 110 valence electrons. The van der Waals surface area contributed by atoms with E-state index in [1.54, 1.807) is 5.38 Å². The van der Waals surface area contributed by atoms with Gasteiger partial charge in [-0.2, -0.15) is 0 Å². The smallest absolute Gasteiger partial charge is 0.349 e. The molecule has 1 heterocycles. The van der Waals surface area contributed by atoms with Gasteiger partial charge in [0.25, 0.3) is 5.69 Å². The fourth-order valence-corrected chi connectivity index (χ4v) is 2.39. The topological polar surface area (TPSA) is 98.9 Å². The highest BCUT2D eigenvalue weighted by atomic mass is 32.1. The Balaban J connectivity index is 2.22. The molecule has 0 bridgehead atoms. The number of nitro groups is 1. The molecule has 1 aromatic heterocycles. The van der Waals surface area contributed by atoms with Crippen LogP contribution in [-0.4, -0.2) is 23.1 Å². The first-order valence-corrected chi connectivity index (χ1v) is 6.65. The van der Waals surface area contributed by atoms with E-state index >= 15 is 0 Å². The molecule has 0 unspecified atom stereocenters. The zero-order valence-corrected chi connectivity index (χ0v) is 11.8. The maximum absolute atomic E-state index is 11.0. The lowest BCUT2D eigenvalue weighted by molar-refractivity contribution is -0.385. The number of rotatable bonds is 6. The molecule has 8 heteroatoms. The molecular formula is C13H11NO6S. The Bertz CT molecular complexity index is 681. The molecule has 1 N–H and O–H groups in total. The standard InChI is InChI=1S/C13H11NO6S/c1-19-10-3-2-9(14(17)18)6-8(10)7-20-11-4-5-21-12(11)13(15)16/h2-6H,7H2,1H3,(H,15,16). The van der Waals surface area contributed by atoms with Gasteiger partial charge in [-0.25, -0.2) is 4.79 Å². The summed E-state index contributed by atoms with van der Waals surface area (Å²) in [5.74, 6) is -0.417. The van der Waals surface area contributed by atoms with Crippen molar-refractivity contribution in [1.29, 1.82) is 0 Å². The summed E-state index contributed by atoms with van der Waals surface area (Å²) in [6.45, 7) is -0.0259. The van der Waals surface area contributed by atoms with Crippen LogP contribution in [0.1, 0.15) is 15.2 Å². The van der Waals surface area contributed by atoms with E-state index in [2.05, 4.69) is 0 Å². The summed E-state index contributed by atoms with van der Waals surface area (Å²) in [5.41, 5.74) is 0.382. The molecule has 2 aromatic rings. The number of thiophene rings is 1. The Morgan fingerprint density at radius 2 is 2.14 bits per heavy atom. The van der Waals surface area contributed by atoms with Crippen LogP contribution in [0.15, 0.2) is 29.6 Å². The van der Waals surface area contributed by atoms with Gasteiger partial charge in [0.05, 0.1) is 12.0 Å². The third-order valence-electron chi connectivity index (χ3n) is 2.68. The van der Waals surface area contributed by atoms with Gasteiger partial charge in [0, 0.05) is 17.7 Å². The molecule has 0 saturated carbocycles. The number of benzene rings is 1. The fourth-order valence-electron chi connectivity index (χ4n) is 1.71. The number of non-ortho nitro benzene ring substituents is 1. The number of carboxylic acids is 1. The lowest BCUT2D eigenvalue weighted by atomic mass is 10.2. The van der Waals surface area contributed by atoms with Gasteiger partial charge in [0.1, 0.15) is 18.1 Å². The van der Waals surface area contributed by atoms with Gasteiger partial charge in [-0.3, -0.25) is 10.1 Å². The highest BCUT2D eigenvalue weighted by molar-refractivity contribution is 7.12. The molecule has 0 saturated heterocycles. The second kappa shape index (κ2) is 6.23. The number of hydrogen-bond acceptors (Lipinski definition) is 6. The van der Waals surface area contributed by atoms with Crippen LogP contribution in [0.25, 0.3) is 0 Å². The van der Waals surface area contributed by atoms with Crippen LogP contribution in [0.5, 0.6) is 11.5 Å². The third-order valence-corrected chi connectivity index (χ3v) is 3.56. The summed E-state index contributed by atoms with van der Waals surface area (Å²) in [6, 6.07) is 5.68. The van der Waals surface area contributed by atoms with Crippen molar-refractivity contribution >= 4 is 23.0 Å². The number of nitrogens with zero attached hydrogens (tertiary/aromatic N) is 1. The van der Waals surface area contributed by atoms with E-state index in [-0.39, 0.29) is 22.9 Å². The van der Waals surface area contributed by atoms with Gasteiger partial charge in [-0.05, 0) is 17.5 Å². The molecule has 0 radical (unpaired) electrons. The maximum Gasteiger partial charge on any atom is 0.349 e. The Morgan fingerprint density at radius 1 is 1.38 bits per heavy atom. The zero-order chi connectivity index (χ0) is 15.4. The zero-order valence-electron chi connectivity index (χ0n) is 10.9. The van der Waals surface area contributed by atoms with Gasteiger partial charge in [0.15, 0.2) is 4.88 Å². The van der Waals surface area contributed by atoms with Crippen molar-refractivity contribution in [3.63, 3.8) is 0 Å². The second-order valence-corrected chi connectivity index (χ2v) is 4.88. The predicted octanol–water partition coefficient (Wildman–Crippen LogP) is 2.94. The minimum atomic E-state index is -1.08. The molecular weight excluding hydrogens is 298 g/mol. The number of nitro benzene ring substituents is 1. The van der Waals surface area contributed by atoms with E-state index in [1.807, 2.05) is 0 Å². The van der Waals surface area contributed by atoms with Crippen molar-refractivity contribution in [2.75, 3.05) is 7.11 Å². The van der Waals surface area contributed by atoms with Crippen molar-refractivity contribution in [3.05, 3.63) is 50.2 Å². The minimum absolute atomic E-state index is 0.0259. The average Bonchev–Trinajstić information content (AvgIpc) is 2.93. The molecule has 2 rings (SSSR count). The van der Waals surface area contributed by atoms with Crippen LogP contribution in [0.2, 0.25) is 0 Å². The third kappa shape index (κ3) is 3.29. The Labute approximate surface area is 123 Å². The summed E-state index contributed by atoms with van der Waals surface area (Å²) in [5, 5.41) is 21.4. The van der Waals surface area contributed by atoms with Crippen LogP contribution < -0.4 is 9.47 Å². The van der Waals surface area contributed by atoms with Gasteiger partial charge < -0.3 is 14.6 Å². The number of methoxy groups -OCH3 is 1. The number of hydrogen-bond donors (Lipinski definition) is 1. The SMILES string of the molecule is COc1ccc([N+](=O)[O-])cc1COc1ccsc1C(=O)O. The fraction of sp³-hybridized carbons (Fsp3) is 0.154. The first-order valence-electron chi connectivity index (χ1n) is 5.78. The quantitative estimate of drug-likeness (QED) is 0.650. The molecule has 0 aliphatic rings. The van der Waals surface area contributed by atoms with Crippen molar-refractivity contribution in [3.8, 4) is 11.5 Å². The Morgan fingerprint density at radius 3 is 2.76 bits per heavy atom. The summed E-state index contributed by atoms with van der Waals surface area (Å²) in [4.78, 5) is 21.3. The molecule has 7 nitrogen and oxygen atoms in total. The van der Waals surface area contributed by atoms with Gasteiger partial charge in [-0.15, -0.1) is 11.3 Å². The Kier molecular flexibility index (Phi) is 4.39. The molecule has 0 aliphatic carbocycles. The number of aromatic carboxylic acids is 1. The predicted molar refractivity (Wildman–Crippen MR) is 75.3 cm³/mol. The summed E-state index contributed by atoms with van der Waals surface area (Å²) >= 11 is 1.05. The average molecular weight is 309 g/mol. The van der Waals surface area contributed by atoms with Gasteiger partial charge in [-0.1, -0.05) is 0 Å². The van der Waals surface area contributed by atoms with E-state index in [0.29, 0.717) is 11.3 Å². The number of ether oxygens (including phenoxy) is 2. The van der Waals surface area contributed by atoms with Crippen molar-refractivity contribution in [1.82, 2.24) is 0 Å². The van der Waals surface area contributed by atoms with Crippen LogP contribution in [0.4, 0.5) is 5.69 Å². The van der Waals surface area contributed by atoms with Crippen molar-refractivity contribution < 1.29 is 24.3 Å². The van der Waals surface area contributed by atoms with Crippen LogP contribution in [0, 0.1) is 10.1 Å². The molecule has 0 spiro atoms. The van der Waals surface area contributed by atoms with Crippen molar-refractivity contribution in [2.45, 2.75) is 6.61 Å². The van der Waals surface area contributed by atoms with Gasteiger partial charge >= 0.3 is 5.97 Å². The van der Waals surface area contributed by atoms with E-state index in [4.69, 9.17) is 14.6 Å². The van der Waals surface area contributed by atoms with Crippen molar-refractivity contribution in [2.24, 2.45) is 0 Å². The molecule has 0 aliphatic heterocycles. The van der Waals surface area contributed by atoms with Crippen LogP contribution in [-0.2, 0) is 6.61 Å². The highest BCUT2D eigenvalue weighted by Crippen LogP contribution is 2.28. The van der Waals surface area contributed by atoms with Crippen LogP contribution >= 0.6 is 11.3 Å². The monoisotopic (exact) mass is 309 g/mol. The van der Waals surface area contributed by atoms with E-state index < -0.39 is 10.9 Å². The summed E-state index contributed by atoms with van der Waals surface area (Å²) in [7, 11) is 1.44. The minimum Gasteiger partial charge on any atom is -0.496 e. The molecule has 0 amide bonds. The number of carboxylic acid groups (broad SMARTS) is 1. The lowest BCUT2D eigenvalue weighted by Crippen LogP contribution is -2.02. The highest BCUT2D eigenvalue weighted by Gasteiger charge is 2.15. The van der Waals surface area contributed by atoms with Crippen LogP contribution in [0.3, 0.4) is 0 Å². The molecule has 0 fully saturated rings. The maximum atomic E-state index is 11.0. The molecule has 1 aromatic carbocycles. The second-order valence-electron chi connectivity index (χ2n) is 3.96.